The number of thiophene rings is 1. The van der Waals surface area contributed by atoms with Crippen LogP contribution in [0.3, 0.4) is 0 Å². The van der Waals surface area contributed by atoms with Crippen LogP contribution in [-0.2, 0) is 6.18 Å². The Labute approximate surface area is 115 Å². The maximum Gasteiger partial charge on any atom is 0.417 e. The Bertz CT molecular complexity index is 595. The molecule has 2 aromatic rings. The average molecular weight is 307 g/mol. The van der Waals surface area contributed by atoms with Crippen LogP contribution in [-0.4, -0.2) is 10.9 Å². The Morgan fingerprint density at radius 2 is 2.00 bits per heavy atom. The molecule has 0 aliphatic heterocycles. The van der Waals surface area contributed by atoms with Crippen LogP contribution in [0.1, 0.15) is 15.2 Å². The minimum absolute atomic E-state index is 0.0440. The lowest BCUT2D eigenvalue weighted by Gasteiger charge is -2.07. The highest BCUT2D eigenvalue weighted by molar-refractivity contribution is 7.18. The summed E-state index contributed by atoms with van der Waals surface area (Å²) in [5.74, 6) is -0.424. The van der Waals surface area contributed by atoms with Crippen molar-refractivity contribution in [1.82, 2.24) is 4.98 Å². The van der Waals surface area contributed by atoms with E-state index in [1.165, 1.54) is 6.07 Å². The van der Waals surface area contributed by atoms with Crippen molar-refractivity contribution in [2.75, 3.05) is 5.32 Å². The SMILES string of the molecule is O=C(Nc1ccc(C(F)(F)F)cn1)c1ccc(Cl)s1. The Kier molecular flexibility index (Phi) is 3.77. The standard InChI is InChI=1S/C11H6ClF3N2OS/c12-8-3-2-7(19-8)10(18)17-9-4-1-6(5-16-9)11(13,14)15/h1-5H,(H,16,17,18). The highest BCUT2D eigenvalue weighted by atomic mass is 35.5. The van der Waals surface area contributed by atoms with E-state index >= 15 is 0 Å². The average Bonchev–Trinajstić information content (AvgIpc) is 2.75. The van der Waals surface area contributed by atoms with Crippen molar-refractivity contribution in [3.05, 3.63) is 45.2 Å². The third-order valence-corrected chi connectivity index (χ3v) is 3.36. The number of nitrogens with one attached hydrogen (secondary N) is 1. The van der Waals surface area contributed by atoms with Crippen molar-refractivity contribution in [3.63, 3.8) is 0 Å². The maximum atomic E-state index is 12.3. The van der Waals surface area contributed by atoms with Crippen molar-refractivity contribution >= 4 is 34.7 Å². The fraction of sp³-hybridized carbons (Fsp3) is 0.0909. The van der Waals surface area contributed by atoms with Gasteiger partial charge in [0.2, 0.25) is 0 Å². The Morgan fingerprint density at radius 3 is 2.47 bits per heavy atom. The number of hydrogen-bond donors (Lipinski definition) is 1. The molecular weight excluding hydrogens is 301 g/mol. The molecule has 19 heavy (non-hydrogen) atoms. The molecule has 0 aliphatic rings. The fourth-order valence-corrected chi connectivity index (χ4v) is 2.19. The van der Waals surface area contributed by atoms with Gasteiger partial charge in [-0.25, -0.2) is 4.98 Å². The molecule has 2 rings (SSSR count). The number of amides is 1. The van der Waals surface area contributed by atoms with E-state index in [1.807, 2.05) is 0 Å². The van der Waals surface area contributed by atoms with Crippen LogP contribution in [0, 0.1) is 0 Å². The van der Waals surface area contributed by atoms with Gasteiger partial charge in [-0.3, -0.25) is 4.79 Å². The van der Waals surface area contributed by atoms with E-state index in [9.17, 15) is 18.0 Å². The molecule has 2 heterocycles. The largest absolute Gasteiger partial charge is 0.417 e. The number of halogens is 4. The van der Waals surface area contributed by atoms with E-state index in [0.717, 1.165) is 23.5 Å². The number of aromatic nitrogens is 1. The molecule has 0 saturated heterocycles. The van der Waals surface area contributed by atoms with Crippen molar-refractivity contribution in [1.29, 1.82) is 0 Å². The molecule has 0 radical (unpaired) electrons. The second-order valence-electron chi connectivity index (χ2n) is 3.49. The summed E-state index contributed by atoms with van der Waals surface area (Å²) in [5.41, 5.74) is -0.871. The summed E-state index contributed by atoms with van der Waals surface area (Å²) < 4.78 is 37.4. The third kappa shape index (κ3) is 3.45. The Balaban J connectivity index is 2.10. The van der Waals surface area contributed by atoms with Gasteiger partial charge in [-0.05, 0) is 24.3 Å². The Morgan fingerprint density at radius 1 is 1.26 bits per heavy atom. The molecule has 1 amide bonds. The van der Waals surface area contributed by atoms with Gasteiger partial charge in [-0.2, -0.15) is 13.2 Å². The van der Waals surface area contributed by atoms with Gasteiger partial charge >= 0.3 is 6.18 Å². The van der Waals surface area contributed by atoms with Crippen molar-refractivity contribution < 1.29 is 18.0 Å². The van der Waals surface area contributed by atoms with Crippen LogP contribution in [0.4, 0.5) is 19.0 Å². The van der Waals surface area contributed by atoms with Gasteiger partial charge in [-0.15, -0.1) is 11.3 Å². The van der Waals surface area contributed by atoms with E-state index in [4.69, 9.17) is 11.6 Å². The van der Waals surface area contributed by atoms with Gasteiger partial charge in [-0.1, -0.05) is 11.6 Å². The van der Waals surface area contributed by atoms with Crippen LogP contribution in [0.25, 0.3) is 0 Å². The number of carbonyl (C=O) groups is 1. The lowest BCUT2D eigenvalue weighted by atomic mass is 10.3. The Hall–Kier alpha value is -1.60. The summed E-state index contributed by atoms with van der Waals surface area (Å²) in [6, 6.07) is 5.02. The zero-order chi connectivity index (χ0) is 14.0. The van der Waals surface area contributed by atoms with Gasteiger partial charge < -0.3 is 5.32 Å². The number of anilines is 1. The van der Waals surface area contributed by atoms with Crippen molar-refractivity contribution in [3.8, 4) is 0 Å². The first-order chi connectivity index (χ1) is 8.86. The van der Waals surface area contributed by atoms with Gasteiger partial charge in [0.25, 0.3) is 5.91 Å². The summed E-state index contributed by atoms with van der Waals surface area (Å²) in [4.78, 5) is 15.6. The van der Waals surface area contributed by atoms with Crippen LogP contribution in [0.2, 0.25) is 4.34 Å². The molecule has 3 nitrogen and oxygen atoms in total. The second-order valence-corrected chi connectivity index (χ2v) is 5.20. The van der Waals surface area contributed by atoms with E-state index < -0.39 is 17.6 Å². The first-order valence-corrected chi connectivity index (χ1v) is 6.15. The topological polar surface area (TPSA) is 42.0 Å². The number of rotatable bonds is 2. The van der Waals surface area contributed by atoms with E-state index in [2.05, 4.69) is 10.3 Å². The molecule has 0 aromatic carbocycles. The summed E-state index contributed by atoms with van der Waals surface area (Å²) in [7, 11) is 0. The molecule has 1 N–H and O–H groups in total. The van der Waals surface area contributed by atoms with Gasteiger partial charge in [0.1, 0.15) is 5.82 Å². The zero-order valence-corrected chi connectivity index (χ0v) is 10.7. The minimum atomic E-state index is -4.45. The lowest BCUT2D eigenvalue weighted by molar-refractivity contribution is -0.137. The van der Waals surface area contributed by atoms with Crippen LogP contribution in [0.15, 0.2) is 30.5 Å². The van der Waals surface area contributed by atoms with Gasteiger partial charge in [0.05, 0.1) is 14.8 Å². The van der Waals surface area contributed by atoms with E-state index in [-0.39, 0.29) is 5.82 Å². The predicted octanol–water partition coefficient (Wildman–Crippen LogP) is 4.07. The third-order valence-electron chi connectivity index (χ3n) is 2.13. The van der Waals surface area contributed by atoms with Crippen LogP contribution < -0.4 is 5.32 Å². The first kappa shape index (κ1) is 13.8. The van der Waals surface area contributed by atoms with Crippen molar-refractivity contribution in [2.45, 2.75) is 6.18 Å². The highest BCUT2D eigenvalue weighted by Gasteiger charge is 2.30. The van der Waals surface area contributed by atoms with Crippen LogP contribution in [0.5, 0.6) is 0 Å². The summed E-state index contributed by atoms with van der Waals surface area (Å²) >= 11 is 6.74. The lowest BCUT2D eigenvalue weighted by Crippen LogP contribution is -2.12. The summed E-state index contributed by atoms with van der Waals surface area (Å²) in [6.45, 7) is 0. The molecule has 0 fully saturated rings. The van der Waals surface area contributed by atoms with E-state index in [1.54, 1.807) is 6.07 Å². The quantitative estimate of drug-likeness (QED) is 0.909. The fourth-order valence-electron chi connectivity index (χ4n) is 1.25. The molecule has 0 atom stereocenters. The maximum absolute atomic E-state index is 12.3. The van der Waals surface area contributed by atoms with Crippen LogP contribution >= 0.6 is 22.9 Å². The highest BCUT2D eigenvalue weighted by Crippen LogP contribution is 2.29. The number of alkyl halides is 3. The molecule has 100 valence electrons. The summed E-state index contributed by atoms with van der Waals surface area (Å²) in [6.07, 6.45) is -3.78. The summed E-state index contributed by atoms with van der Waals surface area (Å²) in [5, 5.41) is 2.38. The van der Waals surface area contributed by atoms with Crippen molar-refractivity contribution in [2.24, 2.45) is 0 Å². The second kappa shape index (κ2) is 5.18. The zero-order valence-electron chi connectivity index (χ0n) is 9.16. The molecule has 0 spiro atoms. The molecule has 0 saturated carbocycles. The smallest absolute Gasteiger partial charge is 0.306 e. The minimum Gasteiger partial charge on any atom is -0.306 e. The van der Waals surface area contributed by atoms with Gasteiger partial charge in [0, 0.05) is 6.20 Å². The van der Waals surface area contributed by atoms with E-state index in [0.29, 0.717) is 15.4 Å². The molecule has 2 aromatic heterocycles. The number of nitrogens with zero attached hydrogens (tertiary/aromatic N) is 1. The molecular formula is C11H6ClF3N2OS. The number of pyridine rings is 1. The predicted molar refractivity (Wildman–Crippen MR) is 66.5 cm³/mol. The van der Waals surface area contributed by atoms with Gasteiger partial charge in [0.15, 0.2) is 0 Å². The monoisotopic (exact) mass is 306 g/mol. The number of hydrogen-bond acceptors (Lipinski definition) is 3. The number of carbonyl (C=O) groups excluding carboxylic acids is 1. The molecule has 0 aliphatic carbocycles. The molecule has 0 unspecified atom stereocenters. The normalized spacial score (nSPS) is 11.4. The first-order valence-electron chi connectivity index (χ1n) is 4.96. The molecule has 0 bridgehead atoms. The molecule has 8 heteroatoms.